The smallest absolute Gasteiger partial charge is 0.231 e. The highest BCUT2D eigenvalue weighted by Gasteiger charge is 2.32. The van der Waals surface area contributed by atoms with Crippen molar-refractivity contribution in [2.75, 3.05) is 13.1 Å². The molecule has 3 atom stereocenters. The Bertz CT molecular complexity index is 685. The van der Waals surface area contributed by atoms with E-state index in [9.17, 15) is 4.79 Å². The van der Waals surface area contributed by atoms with Gasteiger partial charge in [0.05, 0.1) is 11.8 Å². The molecule has 1 aromatic carbocycles. The van der Waals surface area contributed by atoms with Gasteiger partial charge in [-0.25, -0.2) is 0 Å². The number of rotatable bonds is 4. The van der Waals surface area contributed by atoms with Gasteiger partial charge in [-0.15, -0.1) is 0 Å². The number of likely N-dealkylation sites (tertiary alicyclic amines) is 1. The van der Waals surface area contributed by atoms with Gasteiger partial charge in [-0.3, -0.25) is 4.79 Å². The normalized spacial score (nSPS) is 20.6. The van der Waals surface area contributed by atoms with Crippen LogP contribution < -0.4 is 5.73 Å². The highest BCUT2D eigenvalue weighted by molar-refractivity contribution is 5.79. The Balaban J connectivity index is 1.67. The van der Waals surface area contributed by atoms with Gasteiger partial charge in [0.15, 0.2) is 5.82 Å². The van der Waals surface area contributed by atoms with Gasteiger partial charge in [0.1, 0.15) is 0 Å². The maximum Gasteiger partial charge on any atom is 0.231 e. The quantitative estimate of drug-likeness (QED) is 0.931. The van der Waals surface area contributed by atoms with Crippen LogP contribution in [0, 0.1) is 12.8 Å². The third-order valence-corrected chi connectivity index (χ3v) is 4.74. The lowest BCUT2D eigenvalue weighted by Crippen LogP contribution is -2.44. The van der Waals surface area contributed by atoms with Crippen molar-refractivity contribution in [1.29, 1.82) is 0 Å². The zero-order valence-electron chi connectivity index (χ0n) is 14.2. The van der Waals surface area contributed by atoms with Crippen LogP contribution in [0.2, 0.25) is 0 Å². The fraction of sp³-hybridized carbons (Fsp3) is 0.500. The van der Waals surface area contributed by atoms with Crippen molar-refractivity contribution in [2.45, 2.75) is 38.6 Å². The van der Waals surface area contributed by atoms with Crippen LogP contribution in [0.25, 0.3) is 0 Å². The van der Waals surface area contributed by atoms with Crippen LogP contribution in [-0.4, -0.2) is 34.0 Å². The zero-order valence-corrected chi connectivity index (χ0v) is 14.2. The summed E-state index contributed by atoms with van der Waals surface area (Å²) in [4.78, 5) is 19.1. The van der Waals surface area contributed by atoms with E-state index in [0.29, 0.717) is 18.3 Å². The van der Waals surface area contributed by atoms with Gasteiger partial charge in [0, 0.05) is 19.1 Å². The van der Waals surface area contributed by atoms with Crippen molar-refractivity contribution in [3.8, 4) is 0 Å². The van der Waals surface area contributed by atoms with Crippen molar-refractivity contribution in [1.82, 2.24) is 15.0 Å². The lowest BCUT2D eigenvalue weighted by molar-refractivity contribution is -0.137. The number of aromatic nitrogens is 2. The van der Waals surface area contributed by atoms with Crippen molar-refractivity contribution < 1.29 is 9.32 Å². The van der Waals surface area contributed by atoms with Gasteiger partial charge in [-0.05, 0) is 25.3 Å². The molecule has 0 spiro atoms. The molecule has 0 saturated carbocycles. The third kappa shape index (κ3) is 3.48. The maximum absolute atomic E-state index is 12.9. The molecule has 6 nitrogen and oxygen atoms in total. The number of carbonyl (C=O) groups excluding carboxylic acids is 1. The number of hydrogen-bond donors (Lipinski definition) is 1. The molecule has 1 aromatic heterocycles. The molecule has 2 N–H and O–H groups in total. The third-order valence-electron chi connectivity index (χ3n) is 4.74. The highest BCUT2D eigenvalue weighted by atomic mass is 16.5. The maximum atomic E-state index is 12.9. The van der Waals surface area contributed by atoms with Crippen LogP contribution in [0.5, 0.6) is 0 Å². The second kappa shape index (κ2) is 7.13. The first-order valence-corrected chi connectivity index (χ1v) is 8.45. The zero-order chi connectivity index (χ0) is 17.1. The topological polar surface area (TPSA) is 85.2 Å². The molecule has 3 unspecified atom stereocenters. The number of aryl methyl sites for hydroxylation is 1. The fourth-order valence-corrected chi connectivity index (χ4v) is 3.26. The number of amides is 1. The minimum Gasteiger partial charge on any atom is -0.342 e. The molecule has 1 fully saturated rings. The van der Waals surface area contributed by atoms with Crippen LogP contribution in [0.1, 0.15) is 49.0 Å². The summed E-state index contributed by atoms with van der Waals surface area (Å²) in [6.07, 6.45) is 1.90. The summed E-state index contributed by atoms with van der Waals surface area (Å²) < 4.78 is 5.29. The average Bonchev–Trinajstić information content (AvgIpc) is 3.07. The van der Waals surface area contributed by atoms with Gasteiger partial charge in [0.25, 0.3) is 0 Å². The van der Waals surface area contributed by atoms with E-state index in [1.807, 2.05) is 42.2 Å². The van der Waals surface area contributed by atoms with E-state index in [0.717, 1.165) is 24.9 Å². The van der Waals surface area contributed by atoms with Crippen LogP contribution in [0.4, 0.5) is 0 Å². The molecule has 1 aliphatic heterocycles. The van der Waals surface area contributed by atoms with E-state index in [1.54, 1.807) is 6.92 Å². The van der Waals surface area contributed by atoms with Crippen LogP contribution in [-0.2, 0) is 4.79 Å². The Kier molecular flexibility index (Phi) is 4.94. The first-order chi connectivity index (χ1) is 11.6. The molecule has 128 valence electrons. The Morgan fingerprint density at radius 3 is 2.79 bits per heavy atom. The number of carbonyl (C=O) groups is 1. The molecular formula is C18H24N4O2. The summed E-state index contributed by atoms with van der Waals surface area (Å²) in [6.45, 7) is 5.08. The van der Waals surface area contributed by atoms with Gasteiger partial charge < -0.3 is 15.2 Å². The SMILES string of the molecule is Cc1noc(C2CCCN(C(=O)C(C)C(N)c3ccccc3)C2)n1. The fourth-order valence-electron chi connectivity index (χ4n) is 3.26. The predicted octanol–water partition coefficient (Wildman–Crippen LogP) is 2.42. The summed E-state index contributed by atoms with van der Waals surface area (Å²) in [5, 5.41) is 3.86. The van der Waals surface area contributed by atoms with E-state index >= 15 is 0 Å². The first kappa shape index (κ1) is 16.6. The molecule has 0 bridgehead atoms. The van der Waals surface area contributed by atoms with Crippen molar-refractivity contribution in [2.24, 2.45) is 11.7 Å². The Morgan fingerprint density at radius 2 is 2.12 bits per heavy atom. The summed E-state index contributed by atoms with van der Waals surface area (Å²) in [5.41, 5.74) is 7.29. The predicted molar refractivity (Wildman–Crippen MR) is 90.1 cm³/mol. The number of benzene rings is 1. The van der Waals surface area contributed by atoms with Crippen LogP contribution >= 0.6 is 0 Å². The van der Waals surface area contributed by atoms with E-state index in [4.69, 9.17) is 10.3 Å². The number of nitrogens with zero attached hydrogens (tertiary/aromatic N) is 3. The van der Waals surface area contributed by atoms with Crippen molar-refractivity contribution >= 4 is 5.91 Å². The van der Waals surface area contributed by atoms with E-state index in [1.165, 1.54) is 0 Å². The molecular weight excluding hydrogens is 304 g/mol. The number of hydrogen-bond acceptors (Lipinski definition) is 5. The highest BCUT2D eigenvalue weighted by Crippen LogP contribution is 2.28. The molecule has 3 rings (SSSR count). The molecule has 1 saturated heterocycles. The lowest BCUT2D eigenvalue weighted by Gasteiger charge is -2.34. The van der Waals surface area contributed by atoms with E-state index < -0.39 is 0 Å². The van der Waals surface area contributed by atoms with Gasteiger partial charge >= 0.3 is 0 Å². The second-order valence-electron chi connectivity index (χ2n) is 6.53. The Hall–Kier alpha value is -2.21. The summed E-state index contributed by atoms with van der Waals surface area (Å²) in [7, 11) is 0. The summed E-state index contributed by atoms with van der Waals surface area (Å²) in [5.74, 6) is 1.20. The van der Waals surface area contributed by atoms with Gasteiger partial charge in [-0.2, -0.15) is 4.98 Å². The molecule has 0 radical (unpaired) electrons. The van der Waals surface area contributed by atoms with Crippen LogP contribution in [0.3, 0.4) is 0 Å². The van der Waals surface area contributed by atoms with Gasteiger partial charge in [0.2, 0.25) is 11.8 Å². The molecule has 1 aliphatic rings. The minimum atomic E-state index is -0.301. The standard InChI is InChI=1S/C18H24N4O2/c1-12(16(19)14-7-4-3-5-8-14)18(23)22-10-6-9-15(11-22)17-20-13(2)21-24-17/h3-5,7-8,12,15-16H,6,9-11,19H2,1-2H3. The Morgan fingerprint density at radius 1 is 1.38 bits per heavy atom. The molecule has 6 heteroatoms. The lowest BCUT2D eigenvalue weighted by atomic mass is 9.92. The van der Waals surface area contributed by atoms with E-state index in [2.05, 4.69) is 10.1 Å². The van der Waals surface area contributed by atoms with Crippen LogP contribution in [0.15, 0.2) is 34.9 Å². The number of nitrogens with two attached hydrogens (primary N) is 1. The van der Waals surface area contributed by atoms with Gasteiger partial charge in [-0.1, -0.05) is 42.4 Å². The van der Waals surface area contributed by atoms with Crippen molar-refractivity contribution in [3.05, 3.63) is 47.6 Å². The largest absolute Gasteiger partial charge is 0.342 e. The molecule has 2 heterocycles. The van der Waals surface area contributed by atoms with Crippen molar-refractivity contribution in [3.63, 3.8) is 0 Å². The Labute approximate surface area is 142 Å². The molecule has 24 heavy (non-hydrogen) atoms. The molecule has 0 aliphatic carbocycles. The summed E-state index contributed by atoms with van der Waals surface area (Å²) >= 11 is 0. The summed E-state index contributed by atoms with van der Waals surface area (Å²) in [6, 6.07) is 9.47. The van der Waals surface area contributed by atoms with E-state index in [-0.39, 0.29) is 23.8 Å². The average molecular weight is 328 g/mol. The monoisotopic (exact) mass is 328 g/mol. The molecule has 2 aromatic rings. The molecule has 1 amide bonds. The second-order valence-corrected chi connectivity index (χ2v) is 6.53. The minimum absolute atomic E-state index is 0.0901. The first-order valence-electron chi connectivity index (χ1n) is 8.45. The number of piperidine rings is 1.